The maximum Gasteiger partial charge on any atom is 0.308 e. The number of nitrogens with zero attached hydrogens (tertiary/aromatic N) is 2. The molecular formula is C5H8N4O. The molecule has 0 aromatic heterocycles. The topological polar surface area (TPSA) is 82.5 Å². The number of amidine groups is 1. The summed E-state index contributed by atoms with van der Waals surface area (Å²) in [5, 5.41) is 11.7. The molecule has 1 rings (SSSR count). The van der Waals surface area contributed by atoms with Gasteiger partial charge in [0.2, 0.25) is 0 Å². The minimum absolute atomic E-state index is 0.459. The van der Waals surface area contributed by atoms with Crippen LogP contribution in [0.1, 0.15) is 6.42 Å². The van der Waals surface area contributed by atoms with Crippen LogP contribution in [0.5, 0.6) is 0 Å². The van der Waals surface area contributed by atoms with Gasteiger partial charge in [-0.15, -0.1) is 0 Å². The van der Waals surface area contributed by atoms with Crippen LogP contribution in [-0.4, -0.2) is 29.5 Å². The first-order chi connectivity index (χ1) is 4.72. The molecular weight excluding hydrogens is 132 g/mol. The van der Waals surface area contributed by atoms with Gasteiger partial charge in [0, 0.05) is 12.6 Å². The molecule has 1 heterocycles. The fourth-order valence-corrected chi connectivity index (χ4v) is 0.687. The highest BCUT2D eigenvalue weighted by Gasteiger charge is 2.16. The van der Waals surface area contributed by atoms with Crippen LogP contribution in [-0.2, 0) is 4.79 Å². The van der Waals surface area contributed by atoms with Gasteiger partial charge in [0.05, 0.1) is 6.54 Å². The van der Waals surface area contributed by atoms with Crippen LogP contribution in [0.15, 0.2) is 5.10 Å². The lowest BCUT2D eigenvalue weighted by Gasteiger charge is -2.08. The molecule has 0 aromatic rings. The van der Waals surface area contributed by atoms with Crippen molar-refractivity contribution in [1.82, 2.24) is 5.01 Å². The fraction of sp³-hybridized carbons (Fsp3) is 0.400. The third-order valence-corrected chi connectivity index (χ3v) is 1.16. The van der Waals surface area contributed by atoms with E-state index < -0.39 is 11.7 Å². The average molecular weight is 140 g/mol. The van der Waals surface area contributed by atoms with E-state index in [0.717, 1.165) is 6.42 Å². The Morgan fingerprint density at radius 1 is 1.80 bits per heavy atom. The number of amides is 1. The van der Waals surface area contributed by atoms with E-state index in [9.17, 15) is 4.79 Å². The first kappa shape index (κ1) is 6.73. The molecule has 3 N–H and O–H groups in total. The zero-order valence-corrected chi connectivity index (χ0v) is 5.37. The fourth-order valence-electron chi connectivity index (χ4n) is 0.687. The molecule has 5 heteroatoms. The minimum Gasteiger partial charge on any atom is -0.380 e. The lowest BCUT2D eigenvalue weighted by Crippen LogP contribution is -2.35. The van der Waals surface area contributed by atoms with Gasteiger partial charge >= 0.3 is 5.91 Å². The third-order valence-electron chi connectivity index (χ3n) is 1.16. The quantitative estimate of drug-likeness (QED) is 0.339. The average Bonchev–Trinajstić information content (AvgIpc) is 2.36. The molecule has 0 radical (unpaired) electrons. The van der Waals surface area contributed by atoms with Gasteiger partial charge in [-0.3, -0.25) is 10.2 Å². The van der Waals surface area contributed by atoms with Gasteiger partial charge in [-0.05, 0) is 0 Å². The Labute approximate surface area is 58.0 Å². The maximum atomic E-state index is 10.8. The second-order valence-electron chi connectivity index (χ2n) is 1.93. The van der Waals surface area contributed by atoms with Crippen molar-refractivity contribution in [2.75, 3.05) is 6.54 Å². The van der Waals surface area contributed by atoms with Crippen LogP contribution in [0.25, 0.3) is 0 Å². The first-order valence-electron chi connectivity index (χ1n) is 2.90. The van der Waals surface area contributed by atoms with Crippen molar-refractivity contribution in [3.8, 4) is 0 Å². The molecule has 0 bridgehead atoms. The number of carbonyl (C=O) groups excluding carboxylic acids is 1. The van der Waals surface area contributed by atoms with Crippen LogP contribution in [0.3, 0.4) is 0 Å². The number of rotatable bonds is 0. The van der Waals surface area contributed by atoms with Gasteiger partial charge in [0.15, 0.2) is 5.84 Å². The van der Waals surface area contributed by atoms with E-state index in [4.69, 9.17) is 11.1 Å². The highest BCUT2D eigenvalue weighted by atomic mass is 16.2. The van der Waals surface area contributed by atoms with E-state index in [0.29, 0.717) is 6.54 Å². The Morgan fingerprint density at radius 2 is 2.50 bits per heavy atom. The van der Waals surface area contributed by atoms with Gasteiger partial charge in [0.25, 0.3) is 0 Å². The van der Waals surface area contributed by atoms with Crippen LogP contribution < -0.4 is 5.73 Å². The van der Waals surface area contributed by atoms with Crippen molar-refractivity contribution < 1.29 is 4.79 Å². The highest BCUT2D eigenvalue weighted by Crippen LogP contribution is 1.98. The van der Waals surface area contributed by atoms with Crippen LogP contribution in [0.4, 0.5) is 0 Å². The number of hydrazone groups is 1. The zero-order valence-electron chi connectivity index (χ0n) is 5.37. The summed E-state index contributed by atoms with van der Waals surface area (Å²) in [5.41, 5.74) is 4.93. The normalized spacial score (nSPS) is 15.8. The number of hydrogen-bond donors (Lipinski definition) is 2. The molecule has 1 aliphatic heterocycles. The van der Waals surface area contributed by atoms with E-state index in [2.05, 4.69) is 5.10 Å². The van der Waals surface area contributed by atoms with Crippen LogP contribution in [0.2, 0.25) is 0 Å². The Balaban J connectivity index is 2.57. The van der Waals surface area contributed by atoms with Crippen molar-refractivity contribution in [2.24, 2.45) is 10.8 Å². The molecule has 0 aromatic carbocycles. The molecule has 1 amide bonds. The summed E-state index contributed by atoms with van der Waals surface area (Å²) < 4.78 is 0. The van der Waals surface area contributed by atoms with Gasteiger partial charge < -0.3 is 5.73 Å². The second-order valence-corrected chi connectivity index (χ2v) is 1.93. The Hall–Kier alpha value is -1.39. The number of nitrogens with one attached hydrogen (secondary N) is 1. The molecule has 54 valence electrons. The predicted molar refractivity (Wildman–Crippen MR) is 36.7 cm³/mol. The first-order valence-corrected chi connectivity index (χ1v) is 2.90. The molecule has 10 heavy (non-hydrogen) atoms. The molecule has 1 aliphatic rings. The smallest absolute Gasteiger partial charge is 0.308 e. The molecule has 0 spiro atoms. The molecule has 5 nitrogen and oxygen atoms in total. The van der Waals surface area contributed by atoms with E-state index in [1.165, 1.54) is 5.01 Å². The van der Waals surface area contributed by atoms with Gasteiger partial charge in [-0.25, -0.2) is 5.01 Å². The van der Waals surface area contributed by atoms with E-state index >= 15 is 0 Å². The number of nitrogens with two attached hydrogens (primary N) is 1. The van der Waals surface area contributed by atoms with E-state index in [-0.39, 0.29) is 0 Å². The van der Waals surface area contributed by atoms with Gasteiger partial charge in [0.1, 0.15) is 0 Å². The molecule has 0 atom stereocenters. The predicted octanol–water partition coefficient (Wildman–Crippen LogP) is -0.860. The van der Waals surface area contributed by atoms with Crippen molar-refractivity contribution in [1.29, 1.82) is 5.41 Å². The standard InChI is InChI=1S/C5H8N4O/c6-4(7)5(10)9-3-1-2-8-9/h2H,1,3H2,(H3,6,7). The van der Waals surface area contributed by atoms with Gasteiger partial charge in [-0.1, -0.05) is 0 Å². The second kappa shape index (κ2) is 2.47. The van der Waals surface area contributed by atoms with Crippen molar-refractivity contribution in [3.63, 3.8) is 0 Å². The molecule has 0 fully saturated rings. The minimum atomic E-state index is -0.520. The largest absolute Gasteiger partial charge is 0.380 e. The Kier molecular flexibility index (Phi) is 1.66. The monoisotopic (exact) mass is 140 g/mol. The van der Waals surface area contributed by atoms with Gasteiger partial charge in [-0.2, -0.15) is 5.10 Å². The lowest BCUT2D eigenvalue weighted by molar-refractivity contribution is -0.123. The Bertz CT molecular complexity index is 198. The molecule has 0 aliphatic carbocycles. The summed E-state index contributed by atoms with van der Waals surface area (Å²) in [7, 11) is 0. The Morgan fingerprint density at radius 3 is 2.90 bits per heavy atom. The van der Waals surface area contributed by atoms with Crippen molar-refractivity contribution >= 4 is 18.0 Å². The van der Waals surface area contributed by atoms with E-state index in [1.54, 1.807) is 6.21 Å². The summed E-state index contributed by atoms with van der Waals surface area (Å²) >= 11 is 0. The SMILES string of the molecule is N=C(N)C(=O)N1CCC=N1. The summed E-state index contributed by atoms with van der Waals surface area (Å²) in [4.78, 5) is 10.8. The van der Waals surface area contributed by atoms with Crippen molar-refractivity contribution in [2.45, 2.75) is 6.42 Å². The number of hydrogen-bond acceptors (Lipinski definition) is 3. The summed E-state index contributed by atoms with van der Waals surface area (Å²) in [6, 6.07) is 0. The summed E-state index contributed by atoms with van der Waals surface area (Å²) in [6.07, 6.45) is 2.37. The zero-order chi connectivity index (χ0) is 7.56. The lowest BCUT2D eigenvalue weighted by atomic mass is 10.4. The molecule has 0 saturated heterocycles. The highest BCUT2D eigenvalue weighted by molar-refractivity contribution is 6.35. The maximum absolute atomic E-state index is 10.8. The van der Waals surface area contributed by atoms with Crippen LogP contribution in [0, 0.1) is 5.41 Å². The third kappa shape index (κ3) is 1.12. The van der Waals surface area contributed by atoms with E-state index in [1.807, 2.05) is 0 Å². The summed E-state index contributed by atoms with van der Waals surface area (Å²) in [5.74, 6) is -0.979. The summed E-state index contributed by atoms with van der Waals surface area (Å²) in [6.45, 7) is 0.540. The molecule has 0 unspecified atom stereocenters. The van der Waals surface area contributed by atoms with Crippen LogP contribution >= 0.6 is 0 Å². The molecule has 0 saturated carbocycles. The number of carbonyl (C=O) groups is 1. The van der Waals surface area contributed by atoms with Crippen molar-refractivity contribution in [3.05, 3.63) is 0 Å².